The Kier molecular flexibility index (Phi) is 4.63. The highest BCUT2D eigenvalue weighted by Crippen LogP contribution is 2.24. The second kappa shape index (κ2) is 6.27. The predicted molar refractivity (Wildman–Crippen MR) is 86.1 cm³/mol. The van der Waals surface area contributed by atoms with Gasteiger partial charge in [0, 0.05) is 12.1 Å². The number of aryl methyl sites for hydroxylation is 2. The Balaban J connectivity index is 2.74. The maximum absolute atomic E-state index is 12.4. The Hall–Kier alpha value is -1.87. The van der Waals surface area contributed by atoms with E-state index in [2.05, 4.69) is 6.07 Å². The lowest BCUT2D eigenvalue weighted by Crippen LogP contribution is -2.26. The lowest BCUT2D eigenvalue weighted by Gasteiger charge is -2.15. The summed E-state index contributed by atoms with van der Waals surface area (Å²) >= 11 is 5.48. The van der Waals surface area contributed by atoms with Gasteiger partial charge in [-0.15, -0.1) is 0 Å². The smallest absolute Gasteiger partial charge is 0.263 e. The second-order valence-electron chi connectivity index (χ2n) is 5.18. The molecule has 0 spiro atoms. The van der Waals surface area contributed by atoms with E-state index in [1.54, 1.807) is 10.6 Å². The van der Waals surface area contributed by atoms with Crippen LogP contribution in [0.3, 0.4) is 0 Å². The molecule has 0 aliphatic heterocycles. The number of aromatic nitrogens is 1. The van der Waals surface area contributed by atoms with Gasteiger partial charge in [0.05, 0.1) is 11.3 Å². The number of carbonyl (C=O) groups is 1. The van der Waals surface area contributed by atoms with Crippen molar-refractivity contribution in [3.8, 4) is 11.3 Å². The molecule has 0 N–H and O–H groups in total. The molecule has 0 aliphatic carbocycles. The Labute approximate surface area is 129 Å². The zero-order chi connectivity index (χ0) is 15.6. The van der Waals surface area contributed by atoms with Crippen LogP contribution < -0.4 is 5.56 Å². The van der Waals surface area contributed by atoms with Gasteiger partial charge in [-0.05, 0) is 55.6 Å². The van der Waals surface area contributed by atoms with Crippen LogP contribution in [0.2, 0.25) is 0 Å². The summed E-state index contributed by atoms with van der Waals surface area (Å²) < 4.78 is 1.64. The number of pyridine rings is 1. The van der Waals surface area contributed by atoms with Crippen LogP contribution in [0.15, 0.2) is 35.1 Å². The number of halogens is 1. The summed E-state index contributed by atoms with van der Waals surface area (Å²) in [5.41, 5.74) is 3.76. The molecule has 0 aliphatic rings. The van der Waals surface area contributed by atoms with Gasteiger partial charge in [0.2, 0.25) is 0 Å². The van der Waals surface area contributed by atoms with Crippen molar-refractivity contribution in [3.05, 3.63) is 57.4 Å². The maximum Gasteiger partial charge on any atom is 0.263 e. The number of nitrogens with zero attached hydrogens (tertiary/aromatic N) is 1. The first-order valence-corrected chi connectivity index (χ1v) is 7.34. The minimum atomic E-state index is -0.711. The van der Waals surface area contributed by atoms with Crippen molar-refractivity contribution >= 4 is 16.8 Å². The van der Waals surface area contributed by atoms with Crippen LogP contribution in [0.4, 0.5) is 0 Å². The molecule has 0 saturated heterocycles. The first kappa shape index (κ1) is 15.5. The molecule has 0 unspecified atom stereocenters. The highest BCUT2D eigenvalue weighted by atomic mass is 35.5. The van der Waals surface area contributed by atoms with Crippen molar-refractivity contribution in [2.75, 3.05) is 0 Å². The van der Waals surface area contributed by atoms with Crippen molar-refractivity contribution < 1.29 is 4.79 Å². The van der Waals surface area contributed by atoms with Crippen LogP contribution >= 0.6 is 11.6 Å². The number of rotatable bonds is 4. The molecule has 0 radical (unpaired) electrons. The molecule has 1 heterocycles. The SMILES string of the molecule is CCCn1c(-c2cc(C)ccc2C)ccc(C(=O)Cl)c1=O. The number of benzene rings is 1. The Bertz CT molecular complexity index is 747. The van der Waals surface area contributed by atoms with Crippen molar-refractivity contribution in [1.82, 2.24) is 4.57 Å². The fraction of sp³-hybridized carbons (Fsp3) is 0.294. The zero-order valence-electron chi connectivity index (χ0n) is 12.4. The predicted octanol–water partition coefficient (Wildman–Crippen LogP) is 3.92. The number of carbonyl (C=O) groups excluding carboxylic acids is 1. The Morgan fingerprint density at radius 3 is 2.52 bits per heavy atom. The molecule has 21 heavy (non-hydrogen) atoms. The molecule has 0 saturated carbocycles. The van der Waals surface area contributed by atoms with Crippen LogP contribution in [0, 0.1) is 13.8 Å². The normalized spacial score (nSPS) is 10.7. The third-order valence-electron chi connectivity index (χ3n) is 3.50. The van der Waals surface area contributed by atoms with Gasteiger partial charge in [0.15, 0.2) is 0 Å². The average molecular weight is 304 g/mol. The molecule has 4 heteroatoms. The lowest BCUT2D eigenvalue weighted by molar-refractivity contribution is 0.107. The summed E-state index contributed by atoms with van der Waals surface area (Å²) in [6.07, 6.45) is 0.803. The number of hydrogen-bond donors (Lipinski definition) is 0. The molecule has 2 aromatic rings. The van der Waals surface area contributed by atoms with E-state index in [4.69, 9.17) is 11.6 Å². The molecule has 3 nitrogen and oxygen atoms in total. The van der Waals surface area contributed by atoms with E-state index in [-0.39, 0.29) is 11.1 Å². The summed E-state index contributed by atoms with van der Waals surface area (Å²) in [5.74, 6) is 0. The van der Waals surface area contributed by atoms with Crippen molar-refractivity contribution in [2.24, 2.45) is 0 Å². The standard InChI is InChI=1S/C17H18ClNO2/c1-4-9-19-15(8-7-13(16(18)20)17(19)21)14-10-11(2)5-6-12(14)3/h5-8,10H,4,9H2,1-3H3. The first-order valence-electron chi connectivity index (χ1n) is 6.97. The molecule has 0 atom stereocenters. The average Bonchev–Trinajstić information content (AvgIpc) is 2.43. The lowest BCUT2D eigenvalue weighted by atomic mass is 10.0. The highest BCUT2D eigenvalue weighted by molar-refractivity contribution is 6.67. The van der Waals surface area contributed by atoms with E-state index in [0.29, 0.717) is 6.54 Å². The van der Waals surface area contributed by atoms with Crippen molar-refractivity contribution in [1.29, 1.82) is 0 Å². The minimum absolute atomic E-state index is 0.0270. The zero-order valence-corrected chi connectivity index (χ0v) is 13.2. The van der Waals surface area contributed by atoms with Crippen molar-refractivity contribution in [2.45, 2.75) is 33.7 Å². The van der Waals surface area contributed by atoms with Gasteiger partial charge < -0.3 is 4.57 Å². The van der Waals surface area contributed by atoms with Crippen LogP contribution in [-0.4, -0.2) is 9.81 Å². The molecule has 1 aromatic heterocycles. The summed E-state index contributed by atoms with van der Waals surface area (Å²) in [7, 11) is 0. The molecule has 0 bridgehead atoms. The fourth-order valence-corrected chi connectivity index (χ4v) is 2.56. The Morgan fingerprint density at radius 1 is 1.19 bits per heavy atom. The summed E-state index contributed by atoms with van der Waals surface area (Å²) in [4.78, 5) is 23.8. The van der Waals surface area contributed by atoms with Gasteiger partial charge in [0.25, 0.3) is 10.8 Å². The number of hydrogen-bond acceptors (Lipinski definition) is 2. The van der Waals surface area contributed by atoms with Gasteiger partial charge in [0.1, 0.15) is 0 Å². The first-order chi connectivity index (χ1) is 9.95. The maximum atomic E-state index is 12.4. The molecule has 110 valence electrons. The van der Waals surface area contributed by atoms with E-state index in [9.17, 15) is 9.59 Å². The molecule has 2 rings (SSSR count). The van der Waals surface area contributed by atoms with Gasteiger partial charge in [-0.1, -0.05) is 24.6 Å². The van der Waals surface area contributed by atoms with E-state index in [1.165, 1.54) is 6.07 Å². The molecular formula is C17H18ClNO2. The van der Waals surface area contributed by atoms with Gasteiger partial charge in [-0.3, -0.25) is 9.59 Å². The summed E-state index contributed by atoms with van der Waals surface area (Å²) in [6, 6.07) is 9.44. The van der Waals surface area contributed by atoms with E-state index in [1.807, 2.05) is 32.9 Å². The monoisotopic (exact) mass is 303 g/mol. The molecule has 0 amide bonds. The molecule has 0 fully saturated rings. The largest absolute Gasteiger partial charge is 0.308 e. The van der Waals surface area contributed by atoms with Gasteiger partial charge >= 0.3 is 0 Å². The topological polar surface area (TPSA) is 39.1 Å². The van der Waals surface area contributed by atoms with Crippen LogP contribution in [-0.2, 0) is 6.54 Å². The van der Waals surface area contributed by atoms with Crippen LogP contribution in [0.5, 0.6) is 0 Å². The minimum Gasteiger partial charge on any atom is -0.308 e. The van der Waals surface area contributed by atoms with Gasteiger partial charge in [-0.25, -0.2) is 0 Å². The molecular weight excluding hydrogens is 286 g/mol. The quantitative estimate of drug-likeness (QED) is 0.803. The third-order valence-corrected chi connectivity index (χ3v) is 3.71. The molecule has 1 aromatic carbocycles. The summed E-state index contributed by atoms with van der Waals surface area (Å²) in [6.45, 7) is 6.58. The second-order valence-corrected chi connectivity index (χ2v) is 5.52. The van der Waals surface area contributed by atoms with E-state index in [0.717, 1.165) is 28.8 Å². The summed E-state index contributed by atoms with van der Waals surface area (Å²) in [5, 5.41) is -0.711. The van der Waals surface area contributed by atoms with Crippen LogP contribution in [0.25, 0.3) is 11.3 Å². The van der Waals surface area contributed by atoms with E-state index >= 15 is 0 Å². The third kappa shape index (κ3) is 3.08. The fourth-order valence-electron chi connectivity index (χ4n) is 2.42. The Morgan fingerprint density at radius 2 is 1.90 bits per heavy atom. The van der Waals surface area contributed by atoms with Gasteiger partial charge in [-0.2, -0.15) is 0 Å². The van der Waals surface area contributed by atoms with E-state index < -0.39 is 5.24 Å². The highest BCUT2D eigenvalue weighted by Gasteiger charge is 2.15. The van der Waals surface area contributed by atoms with Crippen molar-refractivity contribution in [3.63, 3.8) is 0 Å². The van der Waals surface area contributed by atoms with Crippen LogP contribution in [0.1, 0.15) is 34.8 Å².